The van der Waals surface area contributed by atoms with Gasteiger partial charge in [0.25, 0.3) is 0 Å². The zero-order valence-corrected chi connectivity index (χ0v) is 18.4. The Labute approximate surface area is 175 Å². The van der Waals surface area contributed by atoms with E-state index in [1.807, 2.05) is 45.0 Å². The Morgan fingerprint density at radius 1 is 1.34 bits per heavy atom. The Bertz CT molecular complexity index is 624. The van der Waals surface area contributed by atoms with Crippen LogP contribution < -0.4 is 15.4 Å². The number of hydrogen-bond acceptors (Lipinski definition) is 5. The molecule has 29 heavy (non-hydrogen) atoms. The molecular formula is C22H38N4O3. The van der Waals surface area contributed by atoms with E-state index in [0.29, 0.717) is 12.6 Å². The standard InChI is InChI=1S/C22H38N4O3/c1-5-23-22(24-15-19-9-7-11-26(19)12-13-28-4)25-16-21(27)18-8-6-10-20(14-18)29-17(2)3/h6,8,10,14,17,19,21,27H,5,7,9,11-13,15-16H2,1-4H3,(H2,23,24,25). The molecule has 0 spiro atoms. The van der Waals surface area contributed by atoms with Crippen LogP contribution in [-0.2, 0) is 4.74 Å². The van der Waals surface area contributed by atoms with Crippen molar-refractivity contribution in [3.8, 4) is 5.75 Å². The molecule has 2 atom stereocenters. The summed E-state index contributed by atoms with van der Waals surface area (Å²) in [4.78, 5) is 7.06. The van der Waals surface area contributed by atoms with Crippen LogP contribution >= 0.6 is 0 Å². The molecule has 0 bridgehead atoms. The highest BCUT2D eigenvalue weighted by atomic mass is 16.5. The summed E-state index contributed by atoms with van der Waals surface area (Å²) in [5.74, 6) is 1.50. The van der Waals surface area contributed by atoms with E-state index in [2.05, 4.69) is 20.5 Å². The van der Waals surface area contributed by atoms with Crippen LogP contribution in [0.25, 0.3) is 0 Å². The Kier molecular flexibility index (Phi) is 10.2. The van der Waals surface area contributed by atoms with Crippen LogP contribution in [0.3, 0.4) is 0 Å². The SMILES string of the molecule is CCNC(=NCC(O)c1cccc(OC(C)C)c1)NCC1CCCN1CCOC. The fraction of sp³-hybridized carbons (Fsp3) is 0.682. The van der Waals surface area contributed by atoms with Gasteiger partial charge in [-0.1, -0.05) is 12.1 Å². The van der Waals surface area contributed by atoms with E-state index in [9.17, 15) is 5.11 Å². The molecule has 1 aromatic carbocycles. The van der Waals surface area contributed by atoms with E-state index in [0.717, 1.165) is 50.1 Å². The maximum Gasteiger partial charge on any atom is 0.191 e. The molecule has 0 radical (unpaired) electrons. The van der Waals surface area contributed by atoms with E-state index in [1.165, 1.54) is 12.8 Å². The van der Waals surface area contributed by atoms with Gasteiger partial charge in [-0.15, -0.1) is 0 Å². The van der Waals surface area contributed by atoms with Crippen molar-refractivity contribution in [2.24, 2.45) is 4.99 Å². The van der Waals surface area contributed by atoms with E-state index in [4.69, 9.17) is 9.47 Å². The van der Waals surface area contributed by atoms with E-state index < -0.39 is 6.10 Å². The number of aliphatic imine (C=N–C) groups is 1. The smallest absolute Gasteiger partial charge is 0.191 e. The summed E-state index contributed by atoms with van der Waals surface area (Å²) in [6, 6.07) is 8.08. The molecule has 0 aromatic heterocycles. The number of rotatable bonds is 11. The fourth-order valence-corrected chi connectivity index (χ4v) is 3.54. The first-order chi connectivity index (χ1) is 14.0. The summed E-state index contributed by atoms with van der Waals surface area (Å²) in [6.07, 6.45) is 1.83. The first kappa shape index (κ1) is 23.4. The van der Waals surface area contributed by atoms with Crippen LogP contribution in [0.2, 0.25) is 0 Å². The van der Waals surface area contributed by atoms with Crippen LogP contribution in [0.5, 0.6) is 5.75 Å². The number of aliphatic hydroxyl groups is 1. The topological polar surface area (TPSA) is 78.4 Å². The molecule has 0 aliphatic carbocycles. The number of ether oxygens (including phenoxy) is 2. The van der Waals surface area contributed by atoms with Crippen LogP contribution in [-0.4, -0.2) is 74.6 Å². The van der Waals surface area contributed by atoms with Gasteiger partial charge in [0.05, 0.1) is 25.4 Å². The van der Waals surface area contributed by atoms with Gasteiger partial charge in [-0.2, -0.15) is 0 Å². The maximum atomic E-state index is 10.6. The third kappa shape index (κ3) is 8.20. The van der Waals surface area contributed by atoms with Crippen molar-refractivity contribution in [3.63, 3.8) is 0 Å². The molecule has 2 unspecified atom stereocenters. The molecule has 2 rings (SSSR count). The van der Waals surface area contributed by atoms with Crippen molar-refractivity contribution in [2.45, 2.75) is 51.9 Å². The summed E-state index contributed by atoms with van der Waals surface area (Å²) in [5.41, 5.74) is 0.810. The molecule has 0 saturated carbocycles. The summed E-state index contributed by atoms with van der Waals surface area (Å²) >= 11 is 0. The van der Waals surface area contributed by atoms with Crippen LogP contribution in [0.1, 0.15) is 45.3 Å². The molecule has 1 saturated heterocycles. The normalized spacial score (nSPS) is 18.8. The predicted molar refractivity (Wildman–Crippen MR) is 118 cm³/mol. The van der Waals surface area contributed by atoms with E-state index in [1.54, 1.807) is 7.11 Å². The molecule has 1 aliphatic rings. The minimum Gasteiger partial charge on any atom is -0.491 e. The second-order valence-corrected chi connectivity index (χ2v) is 7.68. The molecule has 3 N–H and O–H groups in total. The van der Waals surface area contributed by atoms with Crippen molar-refractivity contribution in [1.29, 1.82) is 0 Å². The highest BCUT2D eigenvalue weighted by Gasteiger charge is 2.24. The molecule has 0 amide bonds. The lowest BCUT2D eigenvalue weighted by molar-refractivity contribution is 0.141. The number of guanidine groups is 1. The Morgan fingerprint density at radius 2 is 2.17 bits per heavy atom. The molecule has 164 valence electrons. The summed E-state index contributed by atoms with van der Waals surface area (Å²) < 4.78 is 10.9. The Hall–Kier alpha value is -1.83. The van der Waals surface area contributed by atoms with Gasteiger partial charge < -0.3 is 25.2 Å². The Morgan fingerprint density at radius 3 is 2.90 bits per heavy atom. The third-order valence-corrected chi connectivity index (χ3v) is 4.97. The second kappa shape index (κ2) is 12.7. The first-order valence-corrected chi connectivity index (χ1v) is 10.7. The lowest BCUT2D eigenvalue weighted by Crippen LogP contribution is -2.45. The second-order valence-electron chi connectivity index (χ2n) is 7.68. The largest absolute Gasteiger partial charge is 0.491 e. The third-order valence-electron chi connectivity index (χ3n) is 4.97. The number of methoxy groups -OCH3 is 1. The molecule has 1 heterocycles. The number of nitrogens with zero attached hydrogens (tertiary/aromatic N) is 2. The van der Waals surface area contributed by atoms with Gasteiger partial charge in [-0.3, -0.25) is 9.89 Å². The number of aliphatic hydroxyl groups excluding tert-OH is 1. The highest BCUT2D eigenvalue weighted by Crippen LogP contribution is 2.20. The average Bonchev–Trinajstić information content (AvgIpc) is 3.15. The quantitative estimate of drug-likeness (QED) is 0.386. The monoisotopic (exact) mass is 406 g/mol. The number of likely N-dealkylation sites (tertiary alicyclic amines) is 1. The van der Waals surface area contributed by atoms with E-state index in [-0.39, 0.29) is 6.10 Å². The van der Waals surface area contributed by atoms with Gasteiger partial charge in [-0.05, 0) is 57.9 Å². The van der Waals surface area contributed by atoms with Gasteiger partial charge >= 0.3 is 0 Å². The number of benzene rings is 1. The van der Waals surface area contributed by atoms with E-state index >= 15 is 0 Å². The van der Waals surface area contributed by atoms with Crippen molar-refractivity contribution in [2.75, 3.05) is 46.4 Å². The van der Waals surface area contributed by atoms with Gasteiger partial charge in [0.15, 0.2) is 5.96 Å². The van der Waals surface area contributed by atoms with Gasteiger partial charge in [0.1, 0.15) is 5.75 Å². The van der Waals surface area contributed by atoms with Gasteiger partial charge in [-0.25, -0.2) is 0 Å². The zero-order chi connectivity index (χ0) is 21.1. The number of nitrogens with one attached hydrogen (secondary N) is 2. The summed E-state index contributed by atoms with van der Waals surface area (Å²) in [7, 11) is 1.75. The fourth-order valence-electron chi connectivity index (χ4n) is 3.54. The average molecular weight is 407 g/mol. The maximum absolute atomic E-state index is 10.6. The minimum atomic E-state index is -0.675. The lowest BCUT2D eigenvalue weighted by Gasteiger charge is -2.25. The van der Waals surface area contributed by atoms with Crippen LogP contribution in [0, 0.1) is 0 Å². The molecule has 1 aliphatic heterocycles. The summed E-state index contributed by atoms with van der Waals surface area (Å²) in [5, 5.41) is 17.3. The minimum absolute atomic E-state index is 0.101. The van der Waals surface area contributed by atoms with Gasteiger partial charge in [0.2, 0.25) is 0 Å². The van der Waals surface area contributed by atoms with Crippen molar-refractivity contribution >= 4 is 5.96 Å². The molecule has 1 aromatic rings. The molecule has 7 heteroatoms. The van der Waals surface area contributed by atoms with Crippen LogP contribution in [0.4, 0.5) is 0 Å². The zero-order valence-electron chi connectivity index (χ0n) is 18.4. The molecule has 1 fully saturated rings. The first-order valence-electron chi connectivity index (χ1n) is 10.7. The Balaban J connectivity index is 1.91. The van der Waals surface area contributed by atoms with Crippen LogP contribution in [0.15, 0.2) is 29.3 Å². The molecule has 7 nitrogen and oxygen atoms in total. The lowest BCUT2D eigenvalue weighted by atomic mass is 10.1. The van der Waals surface area contributed by atoms with Crippen molar-refractivity contribution in [1.82, 2.24) is 15.5 Å². The van der Waals surface area contributed by atoms with Crippen molar-refractivity contribution < 1.29 is 14.6 Å². The summed E-state index contributed by atoms with van der Waals surface area (Å²) in [6.45, 7) is 10.8. The van der Waals surface area contributed by atoms with Crippen molar-refractivity contribution in [3.05, 3.63) is 29.8 Å². The predicted octanol–water partition coefficient (Wildman–Crippen LogP) is 2.17. The number of hydrogen-bond donors (Lipinski definition) is 3. The molecular weight excluding hydrogens is 368 g/mol. The van der Waals surface area contributed by atoms with Gasteiger partial charge in [0, 0.05) is 32.8 Å². The highest BCUT2D eigenvalue weighted by molar-refractivity contribution is 5.79.